The van der Waals surface area contributed by atoms with E-state index in [0.29, 0.717) is 86.0 Å². The van der Waals surface area contributed by atoms with Crippen molar-refractivity contribution in [3.8, 4) is 46.2 Å². The smallest absolute Gasteiger partial charge is 0.408 e. The number of carboxylic acids is 2. The number of methoxy groups -OCH3 is 5. The van der Waals surface area contributed by atoms with Gasteiger partial charge in [-0.25, -0.2) is 57.8 Å². The van der Waals surface area contributed by atoms with E-state index in [0.717, 1.165) is 34.4 Å². The van der Waals surface area contributed by atoms with Gasteiger partial charge in [0.2, 0.25) is 23.6 Å². The van der Waals surface area contributed by atoms with Crippen LogP contribution in [0.1, 0.15) is 183 Å². The number of aromatic nitrogens is 9. The lowest BCUT2D eigenvalue weighted by Crippen LogP contribution is -2.59. The van der Waals surface area contributed by atoms with Crippen molar-refractivity contribution in [1.82, 2.24) is 85.6 Å². The number of pyridine rings is 3. The number of benzene rings is 3. The van der Waals surface area contributed by atoms with Crippen molar-refractivity contribution in [2.75, 3.05) is 62.2 Å². The number of carbonyl (C=O) groups is 11. The number of fused-ring (bicyclic) bond motifs is 3. The van der Waals surface area contributed by atoms with Gasteiger partial charge >= 0.3 is 42.2 Å². The summed E-state index contributed by atoms with van der Waals surface area (Å²) in [7, 11) is 9.30. The second kappa shape index (κ2) is 45.9. The summed E-state index contributed by atoms with van der Waals surface area (Å²) in [5.74, 6) is -0.0435. The van der Waals surface area contributed by atoms with Gasteiger partial charge in [0.1, 0.15) is 105 Å². The molecule has 0 bridgehead atoms. The number of nitrogens with one attached hydrogen (secondary N) is 5. The fraction of sp³-hybridized carbons (Fsp3) is 0.539. The van der Waals surface area contributed by atoms with Crippen molar-refractivity contribution < 1.29 is 115 Å². The molecule has 42 heteroatoms. The molecule has 5 aliphatic rings. The fourth-order valence-corrected chi connectivity index (χ4v) is 17.4. The quantitative estimate of drug-likeness (QED) is 0.0195. The normalized spacial score (nSPS) is 20.8. The van der Waals surface area contributed by atoms with Crippen LogP contribution in [0.4, 0.5) is 14.4 Å². The van der Waals surface area contributed by atoms with Crippen LogP contribution in [-0.2, 0) is 62.0 Å². The van der Waals surface area contributed by atoms with E-state index in [4.69, 9.17) is 64.0 Å². The van der Waals surface area contributed by atoms with Crippen molar-refractivity contribution >= 4 is 110 Å². The van der Waals surface area contributed by atoms with Gasteiger partial charge in [-0.2, -0.15) is 15.3 Å². The Hall–Kier alpha value is -13.7. The number of carboxylic acid groups (broad SMARTS) is 2. The van der Waals surface area contributed by atoms with Gasteiger partial charge in [0, 0.05) is 116 Å². The van der Waals surface area contributed by atoms with E-state index in [1.807, 2.05) is 77.3 Å². The number of aliphatic hydroxyl groups excluding tert-OH is 1. The summed E-state index contributed by atoms with van der Waals surface area (Å²) in [6.07, 6.45) is 9.09. The lowest BCUT2D eigenvalue weighted by molar-refractivity contribution is -0.150. The van der Waals surface area contributed by atoms with E-state index in [9.17, 15) is 68.1 Å². The van der Waals surface area contributed by atoms with E-state index in [2.05, 4.69) is 58.8 Å². The topological polar surface area (TPSA) is 503 Å². The molecule has 8 N–H and O–H groups in total. The average molecular weight is 2020 g/mol. The Labute approximate surface area is 842 Å². The Balaban J connectivity index is 0.000000201. The van der Waals surface area contributed by atoms with Crippen LogP contribution >= 0.6 is 11.6 Å². The first kappa shape index (κ1) is 112. The Morgan fingerprint density at radius 2 is 0.771 bits per heavy atom. The van der Waals surface area contributed by atoms with Crippen molar-refractivity contribution in [1.29, 1.82) is 0 Å². The van der Waals surface area contributed by atoms with Gasteiger partial charge in [-0.05, 0) is 165 Å². The molecule has 5 fully saturated rings. The van der Waals surface area contributed by atoms with Crippen LogP contribution in [0, 0.1) is 28.1 Å². The van der Waals surface area contributed by atoms with Gasteiger partial charge in [0.05, 0.1) is 76.3 Å². The molecule has 0 unspecified atom stereocenters. The number of hydrogen-bond donors (Lipinski definition) is 8. The summed E-state index contributed by atoms with van der Waals surface area (Å²) in [6, 6.07) is 20.8. The maximum Gasteiger partial charge on any atom is 0.408 e. The lowest BCUT2D eigenvalue weighted by atomic mass is 9.85. The number of β-amino-alcohol motifs (C(OH)–C–C–N with tert-alkyl or cyclic N) is 1. The minimum absolute atomic E-state index is 0.00938. The molecule has 3 saturated heterocycles. The van der Waals surface area contributed by atoms with E-state index < -0.39 is 153 Å². The summed E-state index contributed by atoms with van der Waals surface area (Å²) in [4.78, 5) is 158. The maximum absolute atomic E-state index is 14.5. The highest BCUT2D eigenvalue weighted by atomic mass is 35.5. The largest absolute Gasteiger partial charge is 0.497 e. The molecule has 13 atom stereocenters. The van der Waals surface area contributed by atoms with Crippen LogP contribution in [0.3, 0.4) is 0 Å². The highest BCUT2D eigenvalue weighted by Gasteiger charge is 2.63. The first-order valence-electron chi connectivity index (χ1n) is 47.5. The Morgan fingerprint density at radius 3 is 1.09 bits per heavy atom. The average Bonchev–Trinajstić information content (AvgIpc) is 1.57. The number of nitrogens with zero attached hydrogens (tertiary/aromatic N) is 12. The van der Waals surface area contributed by atoms with Crippen molar-refractivity contribution in [2.45, 2.75) is 266 Å². The molecule has 2 aliphatic carbocycles. The molecule has 782 valence electrons. The van der Waals surface area contributed by atoms with E-state index >= 15 is 0 Å². The number of ether oxygens (including phenoxy) is 10. The first-order chi connectivity index (χ1) is 67.3. The number of amides is 7. The zero-order valence-corrected chi connectivity index (χ0v) is 87.5. The van der Waals surface area contributed by atoms with E-state index in [1.54, 1.807) is 225 Å². The number of aliphatic hydroxyl groups is 1. The summed E-state index contributed by atoms with van der Waals surface area (Å²) in [6.45, 7) is 35.6. The molecule has 0 radical (unpaired) electrons. The van der Waals surface area contributed by atoms with E-state index in [-0.39, 0.29) is 56.3 Å². The van der Waals surface area contributed by atoms with Gasteiger partial charge < -0.3 is 104 Å². The fourth-order valence-electron chi connectivity index (χ4n) is 17.2. The number of likely N-dealkylation sites (tertiary alicyclic amines) is 3. The number of hydrogen-bond acceptors (Lipinski definition) is 29. The number of carbonyl (C=O) groups excluding carboxylic acids is 9. The monoisotopic (exact) mass is 2020 g/mol. The number of likely N-dealkylation sites (N-methyl/N-ethyl adjacent to an activating group) is 1. The molecule has 2 saturated carbocycles. The SMILES string of the molecule is CC(C)(C)OC(=O)N[C@H](C(=O)N1C[C@H](O)C[C@H]1C(=O)O)C(C)(C)C.CC[C@@H]1C[C@]1(NC(=O)[C@@H]1C[C@@H](Oc2cc(-n3cccn3)nc3cc(OC)ccc23)CN1C(=O)[C@@H](NC(=O)OC(C)(C)C)C(C)(C)C)C(=O)OC.CC[C@@H]1C[C@]1(NC)C(=O)OC.COc1ccc2c(Cl)cc(-n3cccn3)nc2c1.COc1ccc2c(O[C@@H]3C[C@@H](C(=O)O)N(C(=O)[C@@H](NC(=O)OC(C)(C)C)C(C)(C)C)C3)cc(-n3cccn3)nc2c1. The van der Waals surface area contributed by atoms with Crippen LogP contribution in [0.2, 0.25) is 5.02 Å². The number of rotatable bonds is 25. The third kappa shape index (κ3) is 28.2. The molecule has 14 rings (SSSR count). The minimum atomic E-state index is -1.18. The number of alkyl carbamates (subject to hydrolysis) is 3. The predicted molar refractivity (Wildman–Crippen MR) is 533 cm³/mol. The van der Waals surface area contributed by atoms with Crippen molar-refractivity contribution in [3.63, 3.8) is 0 Å². The third-order valence-corrected chi connectivity index (χ3v) is 24.9. The maximum atomic E-state index is 14.5. The number of halogens is 1. The van der Waals surface area contributed by atoms with Gasteiger partial charge in [-0.3, -0.25) is 24.0 Å². The van der Waals surface area contributed by atoms with Crippen LogP contribution < -0.4 is 50.3 Å². The summed E-state index contributed by atoms with van der Waals surface area (Å²) >= 11 is 6.25. The lowest BCUT2D eigenvalue weighted by Gasteiger charge is -2.36. The molecule has 9 aromatic rings. The van der Waals surface area contributed by atoms with Crippen LogP contribution in [0.5, 0.6) is 28.7 Å². The minimum Gasteiger partial charge on any atom is -0.497 e. The van der Waals surface area contributed by atoms with Crippen molar-refractivity contribution in [2.24, 2.45) is 28.1 Å². The standard InChI is InChI=1S/C36H48N6O8.C29H37N5O7.C16H28N2O6.C13H10ClN3O.C8H15NO2/c1-10-21-19-36(21,32(45)48-9)40-30(43)26-17-23(20-41(26)31(44)29(34(2,3)4)39-33(46)50-35(5,6)7)49-27-18-28(42-15-11-14-37-42)38-25-16-22(47-8)12-13-24(25)27;1-28(2,3)24(32-27(38)41-29(4,5)6)25(35)33-16-18(14-21(33)26(36)37)40-22-15-23(34-12-8-11-30-34)31-20-13-17(39-7)9-10-19(20)22;1-15(2,3)11(17-14(23)24-16(4,5)6)12(20)18-8-9(19)7-10(18)13(21)22;1-18-9-3-4-10-11(14)8-13(16-12(10)7-9)17-6-2-5-15-17;1-4-6-5-8(6,9-2)7(10)11-3/h11-16,18,21,23,26,29H,10,17,19-20H2,1-9H3,(H,39,46)(H,40,43);8-13,15,18,21,24H,14,16H2,1-7H3,(H,32,38)(H,36,37);9-11,19H,7-8H2,1-6H3,(H,17,23)(H,21,22);2-8H,1H3;6,9H,4-5H2,1-3H3/t21-,23-,26+,29-,36-;18-,21+,24-;9-,10+,11-;;6-,8-/m111.1/s1. The molecule has 7 amide bonds. The molecular formula is C102H138ClN17O24. The van der Waals surface area contributed by atoms with Gasteiger partial charge in [-0.1, -0.05) is 101 Å². The highest BCUT2D eigenvalue weighted by molar-refractivity contribution is 6.35. The molecule has 41 nitrogen and oxygen atoms in total. The van der Waals surface area contributed by atoms with Gasteiger partial charge in [0.25, 0.3) is 0 Å². The van der Waals surface area contributed by atoms with Gasteiger partial charge in [-0.15, -0.1) is 0 Å². The Kier molecular flexibility index (Phi) is 35.8. The molecule has 3 aliphatic heterocycles. The molecule has 0 spiro atoms. The summed E-state index contributed by atoms with van der Waals surface area (Å²) in [5.41, 5.74) is -3.95. The van der Waals surface area contributed by atoms with E-state index in [1.165, 1.54) is 24.0 Å². The van der Waals surface area contributed by atoms with Crippen molar-refractivity contribution in [3.05, 3.63) is 133 Å². The Bertz CT molecular complexity index is 6060. The van der Waals surface area contributed by atoms with Crippen LogP contribution in [0.15, 0.2) is 128 Å². The second-order valence-corrected chi connectivity index (χ2v) is 42.5. The van der Waals surface area contributed by atoms with Crippen LogP contribution in [0.25, 0.3) is 50.2 Å². The molecular weight excluding hydrogens is 1880 g/mol. The number of aliphatic carboxylic acids is 2. The molecule has 9 heterocycles. The molecule has 3 aromatic carbocycles. The zero-order chi connectivity index (χ0) is 107. The summed E-state index contributed by atoms with van der Waals surface area (Å²) < 4.78 is 59.7. The second-order valence-electron chi connectivity index (χ2n) is 42.1. The predicted octanol–water partition coefficient (Wildman–Crippen LogP) is 12.6. The highest BCUT2D eigenvalue weighted by Crippen LogP contribution is 2.49. The van der Waals surface area contributed by atoms with Crippen LogP contribution in [-0.4, -0.2) is 285 Å². The third-order valence-electron chi connectivity index (χ3n) is 24.6. The summed E-state index contributed by atoms with van der Waals surface area (Å²) in [5, 5.41) is 58.6. The number of esters is 2. The van der Waals surface area contributed by atoms with Gasteiger partial charge in [0.15, 0.2) is 17.5 Å². The molecule has 6 aromatic heterocycles. The zero-order valence-electron chi connectivity index (χ0n) is 86.7. The first-order valence-corrected chi connectivity index (χ1v) is 47.9. The molecule has 144 heavy (non-hydrogen) atoms. The Morgan fingerprint density at radius 1 is 0.444 bits per heavy atom.